The summed E-state index contributed by atoms with van der Waals surface area (Å²) in [7, 11) is 0. The largest absolute Gasteiger partial charge is 0.460 e. The fourth-order valence-corrected chi connectivity index (χ4v) is 3.30. The number of esters is 1. The average Bonchev–Trinajstić information content (AvgIpc) is 2.33. The van der Waals surface area contributed by atoms with E-state index in [1.165, 1.54) is 12.1 Å². The quantitative estimate of drug-likeness (QED) is 0.350. The number of rotatable bonds is 4. The third-order valence-corrected chi connectivity index (χ3v) is 3.70. The molecule has 22 heavy (non-hydrogen) atoms. The Labute approximate surface area is 147 Å². The van der Waals surface area contributed by atoms with Crippen LogP contribution in [0.4, 0.5) is 4.39 Å². The molecule has 0 N–H and O–H groups in total. The van der Waals surface area contributed by atoms with Gasteiger partial charge >= 0.3 is 11.8 Å². The minimum Gasteiger partial charge on any atom is -0.460 e. The van der Waals surface area contributed by atoms with E-state index in [9.17, 15) is 9.18 Å². The summed E-state index contributed by atoms with van der Waals surface area (Å²) in [4.78, 5) is 14.7. The van der Waals surface area contributed by atoms with E-state index in [0.29, 0.717) is 4.47 Å². The summed E-state index contributed by atoms with van der Waals surface area (Å²) in [5.41, 5.74) is -0.793. The maximum absolute atomic E-state index is 15.0. The van der Waals surface area contributed by atoms with Crippen LogP contribution in [0.3, 0.4) is 0 Å². The highest BCUT2D eigenvalue weighted by atomic mass is 79.9. The molecule has 120 valence electrons. The molecule has 1 rings (SSSR count). The van der Waals surface area contributed by atoms with E-state index < -0.39 is 17.4 Å². The van der Waals surface area contributed by atoms with Gasteiger partial charge in [-0.3, -0.25) is 9.64 Å². The first-order valence-electron chi connectivity index (χ1n) is 6.43. The molecule has 1 aromatic carbocycles. The van der Waals surface area contributed by atoms with Gasteiger partial charge in [-0.25, -0.2) is 6.57 Å². The van der Waals surface area contributed by atoms with Crippen molar-refractivity contribution in [1.82, 2.24) is 0 Å². The predicted molar refractivity (Wildman–Crippen MR) is 88.6 cm³/mol. The number of hydrogen-bond donors (Lipinski definition) is 0. The second kappa shape index (κ2) is 7.16. The molecule has 0 bridgehead atoms. The minimum absolute atomic E-state index is 0.0297. The predicted octanol–water partition coefficient (Wildman–Crippen LogP) is 5.92. The molecule has 0 aliphatic carbocycles. The van der Waals surface area contributed by atoms with Crippen LogP contribution in [0.1, 0.15) is 39.2 Å². The summed E-state index contributed by atoms with van der Waals surface area (Å²) in [6.07, 6.45) is -0.634. The molecular weight excluding hydrogens is 396 g/mol. The SMILES string of the molecule is [C-]#[N+]C(F)(CCC(=O)OC(C)(C)C)c1c(Cl)cc(Br)cc1Cl. The number of ether oxygens (including phenoxy) is 1. The number of benzene rings is 1. The zero-order chi connectivity index (χ0) is 17.1. The molecule has 0 fully saturated rings. The Morgan fingerprint density at radius 2 is 1.86 bits per heavy atom. The second-order valence-corrected chi connectivity index (χ2v) is 7.43. The van der Waals surface area contributed by atoms with Crippen molar-refractivity contribution in [2.24, 2.45) is 0 Å². The van der Waals surface area contributed by atoms with Gasteiger partial charge in [0.25, 0.3) is 0 Å². The van der Waals surface area contributed by atoms with Gasteiger partial charge in [0.05, 0.1) is 22.9 Å². The van der Waals surface area contributed by atoms with E-state index >= 15 is 0 Å². The van der Waals surface area contributed by atoms with Gasteiger partial charge in [0, 0.05) is 4.47 Å². The van der Waals surface area contributed by atoms with Crippen molar-refractivity contribution in [3.8, 4) is 0 Å². The lowest BCUT2D eigenvalue weighted by molar-refractivity contribution is -0.155. The van der Waals surface area contributed by atoms with Crippen molar-refractivity contribution in [2.45, 2.75) is 45.0 Å². The number of alkyl halides is 1. The lowest BCUT2D eigenvalue weighted by atomic mass is 9.99. The lowest BCUT2D eigenvalue weighted by Crippen LogP contribution is -2.25. The molecular formula is C15H15BrCl2FNO2. The van der Waals surface area contributed by atoms with Crippen LogP contribution >= 0.6 is 39.1 Å². The van der Waals surface area contributed by atoms with Crippen LogP contribution in [0.2, 0.25) is 10.0 Å². The molecule has 0 radical (unpaired) electrons. The Hall–Kier alpha value is -0.830. The third-order valence-electron chi connectivity index (χ3n) is 2.65. The highest BCUT2D eigenvalue weighted by Gasteiger charge is 2.43. The topological polar surface area (TPSA) is 30.7 Å². The number of carbonyl (C=O) groups excluding carboxylic acids is 1. The van der Waals surface area contributed by atoms with E-state index in [1.54, 1.807) is 20.8 Å². The number of carbonyl (C=O) groups is 1. The Morgan fingerprint density at radius 1 is 1.36 bits per heavy atom. The van der Waals surface area contributed by atoms with E-state index in [4.69, 9.17) is 34.5 Å². The maximum atomic E-state index is 15.0. The van der Waals surface area contributed by atoms with E-state index in [1.807, 2.05) is 0 Å². The summed E-state index contributed by atoms with van der Waals surface area (Å²) in [6, 6.07) is 2.91. The molecule has 0 spiro atoms. The number of nitrogens with zero attached hydrogens (tertiary/aromatic N) is 1. The maximum Gasteiger partial charge on any atom is 0.400 e. The fourth-order valence-electron chi connectivity index (χ4n) is 1.81. The number of halogens is 4. The first-order chi connectivity index (χ1) is 9.98. The van der Waals surface area contributed by atoms with Crippen LogP contribution in [0.25, 0.3) is 4.85 Å². The first-order valence-corrected chi connectivity index (χ1v) is 7.98. The van der Waals surface area contributed by atoms with Gasteiger partial charge in [0.1, 0.15) is 11.2 Å². The normalized spacial score (nSPS) is 14.1. The van der Waals surface area contributed by atoms with Crippen molar-refractivity contribution in [2.75, 3.05) is 0 Å². The van der Waals surface area contributed by atoms with Crippen molar-refractivity contribution in [3.63, 3.8) is 0 Å². The monoisotopic (exact) mass is 409 g/mol. The van der Waals surface area contributed by atoms with Crippen LogP contribution < -0.4 is 0 Å². The molecule has 0 amide bonds. The van der Waals surface area contributed by atoms with E-state index in [-0.39, 0.29) is 28.5 Å². The van der Waals surface area contributed by atoms with Crippen molar-refractivity contribution in [1.29, 1.82) is 0 Å². The van der Waals surface area contributed by atoms with Gasteiger partial charge in [-0.05, 0) is 32.9 Å². The third kappa shape index (κ3) is 5.12. The van der Waals surface area contributed by atoms with Crippen molar-refractivity contribution in [3.05, 3.63) is 43.6 Å². The molecule has 3 nitrogen and oxygen atoms in total. The Morgan fingerprint density at radius 3 is 2.27 bits per heavy atom. The van der Waals surface area contributed by atoms with Gasteiger partial charge in [-0.15, -0.1) is 0 Å². The molecule has 0 heterocycles. The van der Waals surface area contributed by atoms with Crippen LogP contribution in [0.5, 0.6) is 0 Å². The summed E-state index contributed by atoms with van der Waals surface area (Å²) in [6.45, 7) is 12.3. The smallest absolute Gasteiger partial charge is 0.400 e. The zero-order valence-corrected chi connectivity index (χ0v) is 15.4. The molecule has 1 unspecified atom stereocenters. The summed E-state index contributed by atoms with van der Waals surface area (Å²) < 4.78 is 20.6. The molecule has 7 heteroatoms. The van der Waals surface area contributed by atoms with Crippen LogP contribution in [-0.2, 0) is 15.3 Å². The molecule has 0 aromatic heterocycles. The average molecular weight is 411 g/mol. The fraction of sp³-hybridized carbons (Fsp3) is 0.467. The summed E-state index contributed by atoms with van der Waals surface area (Å²) >= 11 is 15.2. The Balaban J connectivity index is 3.00. The minimum atomic E-state index is -2.48. The van der Waals surface area contributed by atoms with Gasteiger partial charge in [0.15, 0.2) is 0 Å². The molecule has 0 aliphatic heterocycles. The van der Waals surface area contributed by atoms with E-state index in [2.05, 4.69) is 20.8 Å². The van der Waals surface area contributed by atoms with Crippen LogP contribution in [-0.4, -0.2) is 11.6 Å². The van der Waals surface area contributed by atoms with Crippen molar-refractivity contribution >= 4 is 45.1 Å². The molecule has 1 atom stereocenters. The van der Waals surface area contributed by atoms with Gasteiger partial charge in [0.2, 0.25) is 0 Å². The zero-order valence-electron chi connectivity index (χ0n) is 12.3. The summed E-state index contributed by atoms with van der Waals surface area (Å²) in [5, 5.41) is 0.0594. The molecule has 0 aliphatic rings. The highest BCUT2D eigenvalue weighted by Crippen LogP contribution is 2.43. The lowest BCUT2D eigenvalue weighted by Gasteiger charge is -2.21. The van der Waals surface area contributed by atoms with Crippen molar-refractivity contribution < 1.29 is 13.9 Å². The van der Waals surface area contributed by atoms with Crippen LogP contribution in [0, 0.1) is 6.57 Å². The van der Waals surface area contributed by atoms with E-state index in [0.717, 1.165) is 0 Å². The summed E-state index contributed by atoms with van der Waals surface area (Å²) in [5.74, 6) is -3.06. The molecule has 0 saturated carbocycles. The molecule has 1 aromatic rings. The van der Waals surface area contributed by atoms with Crippen LogP contribution in [0.15, 0.2) is 16.6 Å². The molecule has 0 saturated heterocycles. The van der Waals surface area contributed by atoms with Gasteiger partial charge in [-0.2, -0.15) is 4.39 Å². The Bertz CT molecular complexity index is 602. The first kappa shape index (κ1) is 19.2. The van der Waals surface area contributed by atoms with Gasteiger partial charge < -0.3 is 4.74 Å². The van der Waals surface area contributed by atoms with Gasteiger partial charge in [-0.1, -0.05) is 39.1 Å². The number of hydrogen-bond acceptors (Lipinski definition) is 2. The standard InChI is InChI=1S/C15H15BrCl2FNO2/c1-14(2,3)22-12(21)5-6-15(19,20-4)13-10(17)7-9(16)8-11(13)18/h7-8H,5-6H2,1-3H3. The second-order valence-electron chi connectivity index (χ2n) is 5.70. The Kier molecular flexibility index (Phi) is 6.26. The highest BCUT2D eigenvalue weighted by molar-refractivity contribution is 9.10.